The molecule has 0 unspecified atom stereocenters. The van der Waals surface area contributed by atoms with Gasteiger partial charge in [-0.2, -0.15) is 0 Å². The summed E-state index contributed by atoms with van der Waals surface area (Å²) in [6, 6.07) is 12.6. The highest BCUT2D eigenvalue weighted by Gasteiger charge is 2.45. The van der Waals surface area contributed by atoms with Crippen LogP contribution in [0.3, 0.4) is 0 Å². The van der Waals surface area contributed by atoms with E-state index in [9.17, 15) is 14.7 Å². The maximum absolute atomic E-state index is 13.3. The number of Topliss-reactive ketones (excluding diaryl/α,β-unsaturated/α-hetero) is 1. The molecule has 1 fully saturated rings. The summed E-state index contributed by atoms with van der Waals surface area (Å²) in [6.45, 7) is 9.38. The number of ketones is 1. The lowest BCUT2D eigenvalue weighted by atomic mass is 9.94. The van der Waals surface area contributed by atoms with Crippen molar-refractivity contribution in [2.45, 2.75) is 45.8 Å². The molecule has 1 saturated heterocycles. The monoisotopic (exact) mass is 491 g/mol. The van der Waals surface area contributed by atoms with E-state index in [1.807, 2.05) is 62.3 Å². The summed E-state index contributed by atoms with van der Waals surface area (Å²) in [7, 11) is 3.93. The van der Waals surface area contributed by atoms with E-state index in [1.54, 1.807) is 11.0 Å². The van der Waals surface area contributed by atoms with Crippen molar-refractivity contribution < 1.29 is 19.4 Å². The van der Waals surface area contributed by atoms with Crippen molar-refractivity contribution in [3.8, 4) is 5.75 Å². The van der Waals surface area contributed by atoms with Gasteiger partial charge in [0.2, 0.25) is 0 Å². The normalized spacial score (nSPS) is 20.7. The minimum atomic E-state index is -0.638. The summed E-state index contributed by atoms with van der Waals surface area (Å²) in [4.78, 5) is 32.5. The van der Waals surface area contributed by atoms with Crippen molar-refractivity contribution in [3.63, 3.8) is 0 Å². The van der Waals surface area contributed by atoms with Gasteiger partial charge in [0.15, 0.2) is 0 Å². The molecule has 2 aromatic carbocycles. The number of carbonyl (C=O) groups is 2. The highest BCUT2D eigenvalue weighted by Crippen LogP contribution is 2.41. The fraction of sp³-hybridized carbons (Fsp3) is 0.448. The molecule has 2 heterocycles. The number of anilines is 1. The first-order valence-corrected chi connectivity index (χ1v) is 12.8. The molecule has 0 aromatic heterocycles. The van der Waals surface area contributed by atoms with Gasteiger partial charge in [-0.3, -0.25) is 9.59 Å². The SMILES string of the molecule is CCN(CC)CCCN1C(=O)C(=O)/C(=C(/O)c2ccc3c(c2)C[C@H](C)O3)[C@@H]1c1ccc(N(C)C)cc1. The van der Waals surface area contributed by atoms with Gasteiger partial charge in [-0.25, -0.2) is 0 Å². The van der Waals surface area contributed by atoms with Crippen LogP contribution in [0.15, 0.2) is 48.0 Å². The predicted molar refractivity (Wildman–Crippen MR) is 142 cm³/mol. The Morgan fingerprint density at radius 2 is 1.78 bits per heavy atom. The van der Waals surface area contributed by atoms with Gasteiger partial charge >= 0.3 is 0 Å². The second-order valence-corrected chi connectivity index (χ2v) is 9.81. The van der Waals surface area contributed by atoms with E-state index in [0.717, 1.165) is 55.0 Å². The highest BCUT2D eigenvalue weighted by molar-refractivity contribution is 6.46. The van der Waals surface area contributed by atoms with Crippen LogP contribution < -0.4 is 9.64 Å². The van der Waals surface area contributed by atoms with Gasteiger partial charge in [0.05, 0.1) is 11.6 Å². The van der Waals surface area contributed by atoms with Crippen LogP contribution in [0.1, 0.15) is 49.9 Å². The number of amides is 1. The molecule has 36 heavy (non-hydrogen) atoms. The lowest BCUT2D eigenvalue weighted by Crippen LogP contribution is -2.33. The number of fused-ring (bicyclic) bond motifs is 1. The Labute approximate surface area is 214 Å². The van der Waals surface area contributed by atoms with Crippen LogP contribution in [-0.2, 0) is 16.0 Å². The Hall–Kier alpha value is -3.32. The van der Waals surface area contributed by atoms with Crippen molar-refractivity contribution in [1.82, 2.24) is 9.80 Å². The summed E-state index contributed by atoms with van der Waals surface area (Å²) in [6.07, 6.45) is 1.56. The number of benzene rings is 2. The van der Waals surface area contributed by atoms with Gasteiger partial charge in [-0.15, -0.1) is 0 Å². The van der Waals surface area contributed by atoms with E-state index < -0.39 is 17.7 Å². The Kier molecular flexibility index (Phi) is 7.69. The maximum atomic E-state index is 13.3. The lowest BCUT2D eigenvalue weighted by Gasteiger charge is -2.27. The highest BCUT2D eigenvalue weighted by atomic mass is 16.5. The van der Waals surface area contributed by atoms with Crippen LogP contribution in [0.5, 0.6) is 5.75 Å². The molecule has 1 N–H and O–H groups in total. The number of aliphatic hydroxyl groups excluding tert-OH is 1. The topological polar surface area (TPSA) is 73.3 Å². The summed E-state index contributed by atoms with van der Waals surface area (Å²) < 4.78 is 5.79. The molecule has 7 nitrogen and oxygen atoms in total. The number of hydrogen-bond acceptors (Lipinski definition) is 6. The van der Waals surface area contributed by atoms with E-state index in [2.05, 4.69) is 18.7 Å². The van der Waals surface area contributed by atoms with Crippen molar-refractivity contribution in [3.05, 3.63) is 64.7 Å². The molecule has 7 heteroatoms. The Balaban J connectivity index is 1.73. The second kappa shape index (κ2) is 10.7. The molecule has 192 valence electrons. The van der Waals surface area contributed by atoms with E-state index in [1.165, 1.54) is 0 Å². The Morgan fingerprint density at radius 3 is 2.42 bits per heavy atom. The third kappa shape index (κ3) is 4.98. The van der Waals surface area contributed by atoms with E-state index in [4.69, 9.17) is 4.74 Å². The van der Waals surface area contributed by atoms with Crippen molar-refractivity contribution in [1.29, 1.82) is 0 Å². The van der Waals surface area contributed by atoms with Crippen molar-refractivity contribution in [2.24, 2.45) is 0 Å². The van der Waals surface area contributed by atoms with E-state index in [0.29, 0.717) is 12.1 Å². The van der Waals surface area contributed by atoms with Crippen molar-refractivity contribution in [2.75, 3.05) is 45.2 Å². The van der Waals surface area contributed by atoms with Crippen molar-refractivity contribution >= 4 is 23.1 Å². The predicted octanol–water partition coefficient (Wildman–Crippen LogP) is 4.23. The zero-order chi connectivity index (χ0) is 26.0. The van der Waals surface area contributed by atoms with Gasteiger partial charge in [0, 0.05) is 38.3 Å². The number of likely N-dealkylation sites (tertiary alicyclic amines) is 1. The average Bonchev–Trinajstić information content (AvgIpc) is 3.37. The zero-order valence-electron chi connectivity index (χ0n) is 22.0. The molecule has 0 saturated carbocycles. The van der Waals surface area contributed by atoms with Crippen LogP contribution in [0.4, 0.5) is 5.69 Å². The molecule has 0 aliphatic carbocycles. The first-order valence-electron chi connectivity index (χ1n) is 12.8. The first-order chi connectivity index (χ1) is 17.2. The van der Waals surface area contributed by atoms with Crippen LogP contribution >= 0.6 is 0 Å². The van der Waals surface area contributed by atoms with Gasteiger partial charge in [0.25, 0.3) is 11.7 Å². The molecule has 1 amide bonds. The molecule has 0 bridgehead atoms. The summed E-state index contributed by atoms with van der Waals surface area (Å²) in [5.41, 5.74) is 3.49. The van der Waals surface area contributed by atoms with Gasteiger partial charge in [0.1, 0.15) is 17.6 Å². The van der Waals surface area contributed by atoms with E-state index >= 15 is 0 Å². The number of carbonyl (C=O) groups excluding carboxylic acids is 2. The van der Waals surface area contributed by atoms with Gasteiger partial charge < -0.3 is 24.5 Å². The number of rotatable bonds is 9. The molecule has 4 rings (SSSR count). The fourth-order valence-electron chi connectivity index (χ4n) is 5.14. The summed E-state index contributed by atoms with van der Waals surface area (Å²) >= 11 is 0. The Morgan fingerprint density at radius 1 is 1.08 bits per heavy atom. The molecule has 2 atom stereocenters. The van der Waals surface area contributed by atoms with Crippen LogP contribution in [0.2, 0.25) is 0 Å². The second-order valence-electron chi connectivity index (χ2n) is 9.81. The summed E-state index contributed by atoms with van der Waals surface area (Å²) in [5, 5.41) is 11.4. The zero-order valence-corrected chi connectivity index (χ0v) is 22.0. The minimum Gasteiger partial charge on any atom is -0.507 e. The molecule has 2 aliphatic rings. The number of nitrogens with zero attached hydrogens (tertiary/aromatic N) is 3. The maximum Gasteiger partial charge on any atom is 0.295 e. The third-order valence-corrected chi connectivity index (χ3v) is 7.20. The average molecular weight is 492 g/mol. The van der Waals surface area contributed by atoms with Gasteiger partial charge in [-0.05, 0) is 74.4 Å². The Bertz CT molecular complexity index is 1150. The minimum absolute atomic E-state index is 0.0731. The standard InChI is InChI=1S/C29H37N3O4/c1-6-31(7-2)15-8-16-32-26(20-9-12-23(13-10-20)30(4)5)25(28(34)29(32)35)27(33)21-11-14-24-22(18-21)17-19(3)36-24/h9-14,18-19,26,33H,6-8,15-17H2,1-5H3/b27-25+/t19-,26-/m0/s1. The fourth-order valence-corrected chi connectivity index (χ4v) is 5.14. The van der Waals surface area contributed by atoms with Crippen LogP contribution in [-0.4, -0.2) is 73.0 Å². The number of hydrogen-bond donors (Lipinski definition) is 1. The van der Waals surface area contributed by atoms with Crippen LogP contribution in [0, 0.1) is 0 Å². The molecular weight excluding hydrogens is 454 g/mol. The third-order valence-electron chi connectivity index (χ3n) is 7.20. The molecule has 2 aromatic rings. The van der Waals surface area contributed by atoms with Gasteiger partial charge in [-0.1, -0.05) is 26.0 Å². The molecule has 0 radical (unpaired) electrons. The molecular formula is C29H37N3O4. The first kappa shape index (κ1) is 25.8. The molecule has 2 aliphatic heterocycles. The molecule has 0 spiro atoms. The quantitative estimate of drug-likeness (QED) is 0.322. The number of ether oxygens (including phenoxy) is 1. The van der Waals surface area contributed by atoms with E-state index in [-0.39, 0.29) is 17.4 Å². The number of aliphatic hydroxyl groups is 1. The van der Waals surface area contributed by atoms with Crippen LogP contribution in [0.25, 0.3) is 5.76 Å². The summed E-state index contributed by atoms with van der Waals surface area (Å²) in [5.74, 6) is -0.534. The lowest BCUT2D eigenvalue weighted by molar-refractivity contribution is -0.140. The largest absolute Gasteiger partial charge is 0.507 e. The smallest absolute Gasteiger partial charge is 0.295 e.